The van der Waals surface area contributed by atoms with E-state index in [-0.39, 0.29) is 5.97 Å². The number of rotatable bonds is 8. The van der Waals surface area contributed by atoms with Gasteiger partial charge >= 0.3 is 5.97 Å². The van der Waals surface area contributed by atoms with Gasteiger partial charge in [0.05, 0.1) is 31.9 Å². The van der Waals surface area contributed by atoms with E-state index in [1.807, 2.05) is 36.9 Å². The molecule has 0 bridgehead atoms. The van der Waals surface area contributed by atoms with E-state index in [1.165, 1.54) is 0 Å². The smallest absolute Gasteiger partial charge is 0.338 e. The van der Waals surface area contributed by atoms with Gasteiger partial charge in [0.25, 0.3) is 0 Å². The summed E-state index contributed by atoms with van der Waals surface area (Å²) < 4.78 is 16.6. The van der Waals surface area contributed by atoms with Crippen molar-refractivity contribution in [3.05, 3.63) is 35.0 Å². The molecule has 6 nitrogen and oxygen atoms in total. The molecule has 1 aromatic carbocycles. The van der Waals surface area contributed by atoms with Gasteiger partial charge in [0.1, 0.15) is 0 Å². The van der Waals surface area contributed by atoms with Gasteiger partial charge in [-0.3, -0.25) is 0 Å². The molecule has 1 aliphatic heterocycles. The first kappa shape index (κ1) is 20.5. The van der Waals surface area contributed by atoms with Crippen LogP contribution in [-0.4, -0.2) is 42.3 Å². The molecule has 2 aliphatic rings. The van der Waals surface area contributed by atoms with Gasteiger partial charge in [-0.15, -0.1) is 0 Å². The van der Waals surface area contributed by atoms with E-state index in [4.69, 9.17) is 26.4 Å². The van der Waals surface area contributed by atoms with Crippen LogP contribution in [0.25, 0.3) is 0 Å². The molecule has 0 amide bonds. The van der Waals surface area contributed by atoms with E-state index in [0.29, 0.717) is 41.4 Å². The van der Waals surface area contributed by atoms with Crippen molar-refractivity contribution in [1.82, 2.24) is 10.2 Å². The van der Waals surface area contributed by atoms with Crippen molar-refractivity contribution in [3.8, 4) is 11.5 Å². The van der Waals surface area contributed by atoms with Gasteiger partial charge in [-0.2, -0.15) is 0 Å². The lowest BCUT2D eigenvalue weighted by molar-refractivity contribution is -0.139. The number of thiocarbonyl (C=S) groups is 1. The minimum absolute atomic E-state index is 0.323. The molecule has 152 valence electrons. The highest BCUT2D eigenvalue weighted by atomic mass is 32.1. The number of hydrogen-bond donors (Lipinski definition) is 1. The van der Waals surface area contributed by atoms with Crippen LogP contribution in [0.15, 0.2) is 29.5 Å². The Morgan fingerprint density at radius 2 is 2.04 bits per heavy atom. The summed E-state index contributed by atoms with van der Waals surface area (Å²) in [4.78, 5) is 14.9. The number of carbonyl (C=O) groups is 1. The van der Waals surface area contributed by atoms with Crippen LogP contribution in [0.3, 0.4) is 0 Å². The van der Waals surface area contributed by atoms with Crippen LogP contribution in [0.5, 0.6) is 11.5 Å². The lowest BCUT2D eigenvalue weighted by atomic mass is 9.94. The van der Waals surface area contributed by atoms with Gasteiger partial charge in [-0.25, -0.2) is 4.79 Å². The topological polar surface area (TPSA) is 60.0 Å². The van der Waals surface area contributed by atoms with Gasteiger partial charge in [-0.1, -0.05) is 13.0 Å². The maximum atomic E-state index is 12.8. The van der Waals surface area contributed by atoms with Gasteiger partial charge in [-0.05, 0) is 63.0 Å². The number of nitrogens with zero attached hydrogens (tertiary/aromatic N) is 1. The third-order valence-corrected chi connectivity index (χ3v) is 5.23. The summed E-state index contributed by atoms with van der Waals surface area (Å²) in [6.07, 6.45) is 3.07. The molecule has 3 rings (SSSR count). The summed E-state index contributed by atoms with van der Waals surface area (Å²) >= 11 is 5.62. The fraction of sp³-hybridized carbons (Fsp3) is 0.524. The summed E-state index contributed by atoms with van der Waals surface area (Å²) in [7, 11) is 1.61. The van der Waals surface area contributed by atoms with Crippen LogP contribution in [0.1, 0.15) is 51.6 Å². The van der Waals surface area contributed by atoms with Crippen molar-refractivity contribution >= 4 is 23.3 Å². The first-order valence-electron chi connectivity index (χ1n) is 9.80. The van der Waals surface area contributed by atoms with Gasteiger partial charge < -0.3 is 24.4 Å². The average molecular weight is 405 g/mol. The lowest BCUT2D eigenvalue weighted by Crippen LogP contribution is -2.48. The first-order chi connectivity index (χ1) is 13.5. The molecule has 1 N–H and O–H groups in total. The Kier molecular flexibility index (Phi) is 6.44. The molecule has 7 heteroatoms. The number of methoxy groups -OCH3 is 1. The molecule has 0 radical (unpaired) electrons. The maximum absolute atomic E-state index is 12.8. The fourth-order valence-corrected chi connectivity index (χ4v) is 3.85. The molecule has 1 fully saturated rings. The summed E-state index contributed by atoms with van der Waals surface area (Å²) in [5.41, 5.74) is 2.33. The normalized spacial score (nSPS) is 19.4. The Morgan fingerprint density at radius 1 is 1.29 bits per heavy atom. The average Bonchev–Trinajstić information content (AvgIpc) is 3.50. The Morgan fingerprint density at radius 3 is 2.64 bits per heavy atom. The third-order valence-electron chi connectivity index (χ3n) is 4.92. The molecule has 0 spiro atoms. The van der Waals surface area contributed by atoms with Crippen LogP contribution in [0.4, 0.5) is 0 Å². The van der Waals surface area contributed by atoms with E-state index in [2.05, 4.69) is 12.2 Å². The zero-order valence-corrected chi connectivity index (χ0v) is 17.7. The quantitative estimate of drug-likeness (QED) is 0.523. The lowest BCUT2D eigenvalue weighted by Gasteiger charge is -2.37. The molecule has 28 heavy (non-hydrogen) atoms. The van der Waals surface area contributed by atoms with Crippen LogP contribution < -0.4 is 14.8 Å². The predicted octanol–water partition coefficient (Wildman–Crippen LogP) is 3.71. The number of nitrogens with one attached hydrogen (secondary N) is 1. The Labute approximate surface area is 171 Å². The molecular weight excluding hydrogens is 376 g/mol. The molecule has 1 heterocycles. The Hall–Kier alpha value is -2.28. The number of carbonyl (C=O) groups excluding carboxylic acids is 1. The zero-order chi connectivity index (χ0) is 20.3. The largest absolute Gasteiger partial charge is 0.493 e. The Balaban J connectivity index is 2.00. The number of esters is 1. The molecule has 1 aromatic rings. The van der Waals surface area contributed by atoms with Crippen molar-refractivity contribution < 1.29 is 19.0 Å². The molecule has 1 atom stereocenters. The molecule has 1 saturated carbocycles. The highest BCUT2D eigenvalue weighted by Gasteiger charge is 2.41. The molecular formula is C21H28N2O4S. The number of ether oxygens (including phenoxy) is 3. The van der Waals surface area contributed by atoms with E-state index < -0.39 is 6.04 Å². The van der Waals surface area contributed by atoms with E-state index in [0.717, 1.165) is 30.5 Å². The van der Waals surface area contributed by atoms with Crippen molar-refractivity contribution in [2.45, 2.75) is 52.1 Å². The van der Waals surface area contributed by atoms with Crippen LogP contribution >= 0.6 is 12.2 Å². The van der Waals surface area contributed by atoms with E-state index >= 15 is 0 Å². The second-order valence-corrected chi connectivity index (χ2v) is 7.35. The standard InChI is InChI=1S/C21H28N2O4S/c1-5-11-27-16-10-7-14(12-17(16)25-4)19-18(20(24)26-6-2)13(3)23(15-8-9-15)21(28)22-19/h7,10,12,15,19H,5-6,8-9,11H2,1-4H3,(H,22,28). The van der Waals surface area contributed by atoms with Crippen molar-refractivity contribution in [2.24, 2.45) is 0 Å². The van der Waals surface area contributed by atoms with Crippen LogP contribution in [0, 0.1) is 0 Å². The molecule has 0 saturated heterocycles. The number of hydrogen-bond acceptors (Lipinski definition) is 5. The number of allylic oxidation sites excluding steroid dienone is 1. The third kappa shape index (κ3) is 4.09. The van der Waals surface area contributed by atoms with Gasteiger partial charge in [0.2, 0.25) is 0 Å². The minimum Gasteiger partial charge on any atom is -0.493 e. The monoisotopic (exact) mass is 404 g/mol. The molecule has 1 unspecified atom stereocenters. The van der Waals surface area contributed by atoms with Crippen molar-refractivity contribution in [1.29, 1.82) is 0 Å². The second-order valence-electron chi connectivity index (χ2n) is 6.96. The Bertz CT molecular complexity index is 789. The molecule has 1 aliphatic carbocycles. The highest BCUT2D eigenvalue weighted by Crippen LogP contribution is 2.39. The highest BCUT2D eigenvalue weighted by molar-refractivity contribution is 7.80. The second kappa shape index (κ2) is 8.82. The summed E-state index contributed by atoms with van der Waals surface area (Å²) in [5, 5.41) is 3.98. The molecule has 0 aromatic heterocycles. The zero-order valence-electron chi connectivity index (χ0n) is 16.9. The van der Waals surface area contributed by atoms with Gasteiger partial charge in [0.15, 0.2) is 16.6 Å². The summed E-state index contributed by atoms with van der Waals surface area (Å²) in [6.45, 7) is 6.75. The summed E-state index contributed by atoms with van der Waals surface area (Å²) in [5.74, 6) is 0.990. The van der Waals surface area contributed by atoms with Crippen molar-refractivity contribution in [3.63, 3.8) is 0 Å². The predicted molar refractivity (Wildman–Crippen MR) is 111 cm³/mol. The fourth-order valence-electron chi connectivity index (χ4n) is 3.45. The maximum Gasteiger partial charge on any atom is 0.338 e. The van der Waals surface area contributed by atoms with Crippen LogP contribution in [-0.2, 0) is 9.53 Å². The van der Waals surface area contributed by atoms with Gasteiger partial charge in [0, 0.05) is 11.7 Å². The van der Waals surface area contributed by atoms with E-state index in [1.54, 1.807) is 7.11 Å². The summed E-state index contributed by atoms with van der Waals surface area (Å²) in [6, 6.07) is 5.68. The van der Waals surface area contributed by atoms with Crippen molar-refractivity contribution in [2.75, 3.05) is 20.3 Å². The van der Waals surface area contributed by atoms with Crippen LogP contribution in [0.2, 0.25) is 0 Å². The SMILES string of the molecule is CCCOc1ccc(C2NC(=S)N(C3CC3)C(C)=C2C(=O)OCC)cc1OC. The van der Waals surface area contributed by atoms with E-state index in [9.17, 15) is 4.79 Å². The number of benzene rings is 1. The minimum atomic E-state index is -0.393. The first-order valence-corrected chi connectivity index (χ1v) is 10.2.